The van der Waals surface area contributed by atoms with Crippen LogP contribution in [0.3, 0.4) is 0 Å². The molecule has 0 bridgehead atoms. The zero-order valence-electron chi connectivity index (χ0n) is 13.0. The quantitative estimate of drug-likeness (QED) is 0.482. The summed E-state index contributed by atoms with van der Waals surface area (Å²) in [7, 11) is 1.27. The van der Waals surface area contributed by atoms with E-state index in [-0.39, 0.29) is 17.9 Å². The number of carbonyl (C=O) groups is 2. The molecule has 5 heteroatoms. The van der Waals surface area contributed by atoms with Crippen molar-refractivity contribution in [2.24, 2.45) is 0 Å². The van der Waals surface area contributed by atoms with Gasteiger partial charge in [0.25, 0.3) is 5.78 Å². The van der Waals surface area contributed by atoms with Crippen molar-refractivity contribution in [2.75, 3.05) is 13.7 Å². The SMILES string of the molecule is CC.CC.CCOC(=O)C(=O)c1cccc(OC)c1F. The molecule has 0 unspecified atom stereocenters. The molecular formula is C15H23FO4. The summed E-state index contributed by atoms with van der Waals surface area (Å²) in [6.45, 7) is 9.63. The third kappa shape index (κ3) is 5.82. The molecule has 0 aliphatic rings. The zero-order chi connectivity index (χ0) is 16.1. The van der Waals surface area contributed by atoms with Crippen molar-refractivity contribution in [2.45, 2.75) is 34.6 Å². The number of carbonyl (C=O) groups excluding carboxylic acids is 2. The van der Waals surface area contributed by atoms with Gasteiger partial charge in [0, 0.05) is 0 Å². The van der Waals surface area contributed by atoms with Gasteiger partial charge in [-0.1, -0.05) is 33.8 Å². The highest BCUT2D eigenvalue weighted by Crippen LogP contribution is 2.20. The van der Waals surface area contributed by atoms with Crippen molar-refractivity contribution in [1.82, 2.24) is 0 Å². The third-order valence-corrected chi connectivity index (χ3v) is 1.89. The topological polar surface area (TPSA) is 52.6 Å². The van der Waals surface area contributed by atoms with Crippen molar-refractivity contribution < 1.29 is 23.5 Å². The van der Waals surface area contributed by atoms with Crippen molar-refractivity contribution in [1.29, 1.82) is 0 Å². The van der Waals surface area contributed by atoms with Gasteiger partial charge < -0.3 is 9.47 Å². The summed E-state index contributed by atoms with van der Waals surface area (Å²) >= 11 is 0. The Hall–Kier alpha value is -1.91. The van der Waals surface area contributed by atoms with Crippen LogP contribution in [0.15, 0.2) is 18.2 Å². The van der Waals surface area contributed by atoms with Gasteiger partial charge in [0.15, 0.2) is 11.6 Å². The summed E-state index contributed by atoms with van der Waals surface area (Å²) in [4.78, 5) is 22.6. The second kappa shape index (κ2) is 12.1. The predicted molar refractivity (Wildman–Crippen MR) is 76.6 cm³/mol. The number of esters is 1. The lowest BCUT2D eigenvalue weighted by molar-refractivity contribution is -0.137. The Bertz CT molecular complexity index is 416. The molecule has 0 saturated heterocycles. The second-order valence-corrected chi connectivity index (χ2v) is 2.87. The Balaban J connectivity index is 0. The van der Waals surface area contributed by atoms with Crippen LogP contribution in [0, 0.1) is 5.82 Å². The monoisotopic (exact) mass is 286 g/mol. The van der Waals surface area contributed by atoms with E-state index in [9.17, 15) is 14.0 Å². The molecule has 0 aliphatic heterocycles. The Morgan fingerprint density at radius 2 is 1.70 bits per heavy atom. The van der Waals surface area contributed by atoms with Crippen molar-refractivity contribution in [3.63, 3.8) is 0 Å². The minimum Gasteiger partial charge on any atom is -0.494 e. The van der Waals surface area contributed by atoms with Crippen LogP contribution in [-0.2, 0) is 9.53 Å². The van der Waals surface area contributed by atoms with E-state index < -0.39 is 17.6 Å². The Morgan fingerprint density at radius 1 is 1.15 bits per heavy atom. The maximum absolute atomic E-state index is 13.6. The third-order valence-electron chi connectivity index (χ3n) is 1.89. The Kier molecular flexibility index (Phi) is 12.4. The van der Waals surface area contributed by atoms with Gasteiger partial charge in [-0.3, -0.25) is 4.79 Å². The van der Waals surface area contributed by atoms with Crippen molar-refractivity contribution in [3.05, 3.63) is 29.6 Å². The van der Waals surface area contributed by atoms with Gasteiger partial charge in [-0.05, 0) is 19.1 Å². The molecule has 4 nitrogen and oxygen atoms in total. The molecule has 1 aromatic carbocycles. The normalized spacial score (nSPS) is 8.35. The molecule has 0 aromatic heterocycles. The van der Waals surface area contributed by atoms with Crippen LogP contribution in [0.4, 0.5) is 4.39 Å². The molecule has 20 heavy (non-hydrogen) atoms. The maximum atomic E-state index is 13.6. The van der Waals surface area contributed by atoms with E-state index in [1.807, 2.05) is 27.7 Å². The fourth-order valence-electron chi connectivity index (χ4n) is 1.15. The molecule has 0 atom stereocenters. The van der Waals surface area contributed by atoms with Crippen LogP contribution in [-0.4, -0.2) is 25.5 Å². The largest absolute Gasteiger partial charge is 0.494 e. The number of rotatable bonds is 4. The van der Waals surface area contributed by atoms with Crippen LogP contribution in [0.2, 0.25) is 0 Å². The molecule has 1 aromatic rings. The minimum absolute atomic E-state index is 0.0656. The van der Waals surface area contributed by atoms with Crippen molar-refractivity contribution >= 4 is 11.8 Å². The van der Waals surface area contributed by atoms with Crippen LogP contribution in [0.1, 0.15) is 45.0 Å². The first-order valence-electron chi connectivity index (χ1n) is 6.65. The molecule has 0 heterocycles. The standard InChI is InChI=1S/C11H11FO4.2C2H6/c1-3-16-11(14)10(13)7-5-4-6-8(15-2)9(7)12;2*1-2/h4-6H,3H2,1-2H3;2*1-2H3. The van der Waals surface area contributed by atoms with E-state index in [0.717, 1.165) is 0 Å². The molecule has 0 fully saturated rings. The van der Waals surface area contributed by atoms with Gasteiger partial charge in [0.05, 0.1) is 19.3 Å². The molecule has 0 saturated carbocycles. The first-order valence-corrected chi connectivity index (χ1v) is 6.65. The van der Waals surface area contributed by atoms with Gasteiger partial charge in [-0.25, -0.2) is 9.18 Å². The number of halogens is 1. The highest BCUT2D eigenvalue weighted by molar-refractivity contribution is 6.40. The molecule has 0 amide bonds. The summed E-state index contributed by atoms with van der Waals surface area (Å²) in [6.07, 6.45) is 0. The molecular weight excluding hydrogens is 263 g/mol. The summed E-state index contributed by atoms with van der Waals surface area (Å²) < 4.78 is 22.8. The number of hydrogen-bond acceptors (Lipinski definition) is 4. The first-order chi connectivity index (χ1) is 9.61. The first kappa shape index (κ1) is 20.4. The number of ketones is 1. The van der Waals surface area contributed by atoms with Gasteiger partial charge >= 0.3 is 5.97 Å². The summed E-state index contributed by atoms with van der Waals surface area (Å²) in [5, 5.41) is 0. The molecule has 0 spiro atoms. The number of benzene rings is 1. The average Bonchev–Trinajstić information content (AvgIpc) is 2.51. The smallest absolute Gasteiger partial charge is 0.379 e. The van der Waals surface area contributed by atoms with E-state index >= 15 is 0 Å². The second-order valence-electron chi connectivity index (χ2n) is 2.87. The zero-order valence-corrected chi connectivity index (χ0v) is 13.0. The van der Waals surface area contributed by atoms with E-state index in [0.29, 0.717) is 0 Å². The number of ether oxygens (including phenoxy) is 2. The average molecular weight is 286 g/mol. The number of Topliss-reactive ketones (excluding diaryl/α,β-unsaturated/α-hetero) is 1. The van der Waals surface area contributed by atoms with Crippen LogP contribution in [0.25, 0.3) is 0 Å². The lowest BCUT2D eigenvalue weighted by Crippen LogP contribution is -2.19. The van der Waals surface area contributed by atoms with E-state index in [4.69, 9.17) is 4.74 Å². The highest BCUT2D eigenvalue weighted by Gasteiger charge is 2.22. The summed E-state index contributed by atoms with van der Waals surface area (Å²) in [5.41, 5.74) is -0.349. The fourth-order valence-corrected chi connectivity index (χ4v) is 1.15. The van der Waals surface area contributed by atoms with E-state index in [1.54, 1.807) is 6.92 Å². The fraction of sp³-hybridized carbons (Fsp3) is 0.467. The van der Waals surface area contributed by atoms with Crippen LogP contribution >= 0.6 is 0 Å². The van der Waals surface area contributed by atoms with Gasteiger partial charge in [-0.15, -0.1) is 0 Å². The molecule has 1 rings (SSSR count). The predicted octanol–water partition coefficient (Wildman–Crippen LogP) is 3.63. The van der Waals surface area contributed by atoms with Gasteiger partial charge in [0.1, 0.15) is 0 Å². The molecule has 0 radical (unpaired) electrons. The summed E-state index contributed by atoms with van der Waals surface area (Å²) in [6, 6.07) is 3.99. The number of methoxy groups -OCH3 is 1. The maximum Gasteiger partial charge on any atom is 0.379 e. The summed E-state index contributed by atoms with van der Waals surface area (Å²) in [5.74, 6) is -3.04. The highest BCUT2D eigenvalue weighted by atomic mass is 19.1. The molecule has 0 N–H and O–H groups in total. The van der Waals surface area contributed by atoms with Gasteiger partial charge in [-0.2, -0.15) is 0 Å². The Labute approximate surface area is 119 Å². The van der Waals surface area contributed by atoms with E-state index in [2.05, 4.69) is 4.74 Å². The van der Waals surface area contributed by atoms with E-state index in [1.165, 1.54) is 25.3 Å². The van der Waals surface area contributed by atoms with Crippen molar-refractivity contribution in [3.8, 4) is 5.75 Å². The van der Waals surface area contributed by atoms with Crippen LogP contribution < -0.4 is 4.74 Å². The van der Waals surface area contributed by atoms with Gasteiger partial charge in [0.2, 0.25) is 0 Å². The lowest BCUT2D eigenvalue weighted by atomic mass is 10.1. The lowest BCUT2D eigenvalue weighted by Gasteiger charge is -2.05. The Morgan fingerprint density at radius 3 is 2.15 bits per heavy atom. The molecule has 114 valence electrons. The van der Waals surface area contributed by atoms with Crippen LogP contribution in [0.5, 0.6) is 5.75 Å². The molecule has 0 aliphatic carbocycles. The number of hydrogen-bond donors (Lipinski definition) is 0. The minimum atomic E-state index is -1.07.